The van der Waals surface area contributed by atoms with E-state index in [9.17, 15) is 9.90 Å². The smallest absolute Gasteiger partial charge is 0.410 e. The van der Waals surface area contributed by atoms with Gasteiger partial charge >= 0.3 is 6.09 Å². The zero-order valence-electron chi connectivity index (χ0n) is 11.3. The highest BCUT2D eigenvalue weighted by atomic mass is 16.6. The standard InChI is InChI=1S/C15H21NO3/c1-2-3-11-19-15(18)16-10-9-13(16)14(17)12-7-5-4-6-8-12/h4-8,13-14,17H,2-3,9-11H2,1H3. The Morgan fingerprint density at radius 2 is 2.21 bits per heavy atom. The maximum absolute atomic E-state index is 11.8. The van der Waals surface area contributed by atoms with Gasteiger partial charge in [0.2, 0.25) is 0 Å². The number of rotatable bonds is 5. The predicted molar refractivity (Wildman–Crippen MR) is 72.8 cm³/mol. The molecule has 1 aromatic rings. The van der Waals surface area contributed by atoms with Gasteiger partial charge in [-0.2, -0.15) is 0 Å². The van der Waals surface area contributed by atoms with Crippen LogP contribution in [0.5, 0.6) is 0 Å². The molecular weight excluding hydrogens is 242 g/mol. The highest BCUT2D eigenvalue weighted by Gasteiger charge is 2.38. The van der Waals surface area contributed by atoms with Crippen molar-refractivity contribution in [2.24, 2.45) is 0 Å². The van der Waals surface area contributed by atoms with Gasteiger partial charge in [0, 0.05) is 6.54 Å². The Balaban J connectivity index is 1.89. The van der Waals surface area contributed by atoms with Crippen LogP contribution < -0.4 is 0 Å². The van der Waals surface area contributed by atoms with Gasteiger partial charge in [-0.25, -0.2) is 4.79 Å². The molecule has 1 aliphatic rings. The van der Waals surface area contributed by atoms with Crippen molar-refractivity contribution in [1.29, 1.82) is 0 Å². The monoisotopic (exact) mass is 263 g/mol. The fourth-order valence-electron chi connectivity index (χ4n) is 2.22. The molecule has 0 aliphatic carbocycles. The van der Waals surface area contributed by atoms with Gasteiger partial charge < -0.3 is 14.7 Å². The number of hydrogen-bond donors (Lipinski definition) is 1. The van der Waals surface area contributed by atoms with Crippen molar-refractivity contribution in [2.45, 2.75) is 38.3 Å². The number of hydrogen-bond acceptors (Lipinski definition) is 3. The van der Waals surface area contributed by atoms with E-state index in [4.69, 9.17) is 4.74 Å². The van der Waals surface area contributed by atoms with Crippen molar-refractivity contribution in [2.75, 3.05) is 13.2 Å². The number of nitrogens with zero attached hydrogens (tertiary/aromatic N) is 1. The highest BCUT2D eigenvalue weighted by Crippen LogP contribution is 2.30. The van der Waals surface area contributed by atoms with Crippen molar-refractivity contribution in [3.63, 3.8) is 0 Å². The third-order valence-corrected chi connectivity index (χ3v) is 3.53. The van der Waals surface area contributed by atoms with Crippen LogP contribution >= 0.6 is 0 Å². The zero-order chi connectivity index (χ0) is 13.7. The van der Waals surface area contributed by atoms with Crippen LogP contribution in [0.2, 0.25) is 0 Å². The molecule has 1 heterocycles. The molecule has 0 aromatic heterocycles. The summed E-state index contributed by atoms with van der Waals surface area (Å²) in [5, 5.41) is 10.3. The largest absolute Gasteiger partial charge is 0.449 e. The van der Waals surface area contributed by atoms with Crippen LogP contribution in [0.1, 0.15) is 37.9 Å². The summed E-state index contributed by atoms with van der Waals surface area (Å²) in [7, 11) is 0. The van der Waals surface area contributed by atoms with E-state index >= 15 is 0 Å². The number of benzene rings is 1. The van der Waals surface area contributed by atoms with Crippen LogP contribution in [0.15, 0.2) is 30.3 Å². The zero-order valence-corrected chi connectivity index (χ0v) is 11.3. The molecular formula is C15H21NO3. The van der Waals surface area contributed by atoms with E-state index in [0.29, 0.717) is 13.2 Å². The summed E-state index contributed by atoms with van der Waals surface area (Å²) in [6.07, 6.45) is 1.77. The first-order valence-corrected chi connectivity index (χ1v) is 6.90. The second-order valence-corrected chi connectivity index (χ2v) is 4.87. The lowest BCUT2D eigenvalue weighted by Gasteiger charge is -2.42. The van der Waals surface area contributed by atoms with Gasteiger partial charge in [0.1, 0.15) is 0 Å². The Labute approximate surface area is 114 Å². The molecule has 1 saturated heterocycles. The average molecular weight is 263 g/mol. The molecule has 2 unspecified atom stereocenters. The molecule has 0 bridgehead atoms. The van der Waals surface area contributed by atoms with Crippen LogP contribution in [-0.2, 0) is 4.74 Å². The van der Waals surface area contributed by atoms with E-state index in [1.165, 1.54) is 0 Å². The fourth-order valence-corrected chi connectivity index (χ4v) is 2.22. The molecule has 0 saturated carbocycles. The summed E-state index contributed by atoms with van der Waals surface area (Å²) in [6.45, 7) is 3.18. The molecule has 1 amide bonds. The molecule has 19 heavy (non-hydrogen) atoms. The van der Waals surface area contributed by atoms with Gasteiger partial charge in [0.15, 0.2) is 0 Å². The van der Waals surface area contributed by atoms with Crippen LogP contribution in [0.4, 0.5) is 4.79 Å². The minimum Gasteiger partial charge on any atom is -0.449 e. The molecule has 4 nitrogen and oxygen atoms in total. The first-order valence-electron chi connectivity index (χ1n) is 6.90. The Morgan fingerprint density at radius 3 is 2.79 bits per heavy atom. The van der Waals surface area contributed by atoms with E-state index in [1.807, 2.05) is 30.3 Å². The van der Waals surface area contributed by atoms with E-state index in [1.54, 1.807) is 4.90 Å². The van der Waals surface area contributed by atoms with Crippen molar-refractivity contribution in [3.05, 3.63) is 35.9 Å². The Kier molecular flexibility index (Phi) is 4.80. The van der Waals surface area contributed by atoms with Crippen LogP contribution in [0.3, 0.4) is 0 Å². The summed E-state index contributed by atoms with van der Waals surface area (Å²) < 4.78 is 5.18. The molecule has 0 radical (unpaired) electrons. The lowest BCUT2D eigenvalue weighted by Crippen LogP contribution is -2.54. The van der Waals surface area contributed by atoms with Gasteiger partial charge in [-0.05, 0) is 18.4 Å². The first kappa shape index (κ1) is 13.9. The third kappa shape index (κ3) is 3.26. The average Bonchev–Trinajstić information content (AvgIpc) is 2.38. The minimum atomic E-state index is -0.631. The first-order chi connectivity index (χ1) is 9.24. The lowest BCUT2D eigenvalue weighted by molar-refractivity contribution is -0.0161. The number of aliphatic hydroxyl groups is 1. The molecule has 0 spiro atoms. The maximum Gasteiger partial charge on any atom is 0.410 e. The summed E-state index contributed by atoms with van der Waals surface area (Å²) in [4.78, 5) is 13.5. The SMILES string of the molecule is CCCCOC(=O)N1CCC1C(O)c1ccccc1. The molecule has 1 fully saturated rings. The minimum absolute atomic E-state index is 0.156. The Morgan fingerprint density at radius 1 is 1.47 bits per heavy atom. The Bertz CT molecular complexity index is 407. The third-order valence-electron chi connectivity index (χ3n) is 3.53. The van der Waals surface area contributed by atoms with Gasteiger partial charge in [0.25, 0.3) is 0 Å². The summed E-state index contributed by atoms with van der Waals surface area (Å²) >= 11 is 0. The number of aliphatic hydroxyl groups excluding tert-OH is 1. The number of amides is 1. The highest BCUT2D eigenvalue weighted by molar-refractivity contribution is 5.69. The molecule has 2 rings (SSSR count). The number of carbonyl (C=O) groups is 1. The van der Waals surface area contributed by atoms with Gasteiger partial charge in [-0.3, -0.25) is 0 Å². The molecule has 4 heteroatoms. The second kappa shape index (κ2) is 6.57. The van der Waals surface area contributed by atoms with E-state index in [0.717, 1.165) is 24.8 Å². The molecule has 1 aliphatic heterocycles. The normalized spacial score (nSPS) is 19.7. The Hall–Kier alpha value is -1.55. The molecule has 2 atom stereocenters. The summed E-state index contributed by atoms with van der Waals surface area (Å²) in [6, 6.07) is 9.29. The van der Waals surface area contributed by atoms with Crippen molar-refractivity contribution in [1.82, 2.24) is 4.90 Å². The fraction of sp³-hybridized carbons (Fsp3) is 0.533. The molecule has 104 valence electrons. The van der Waals surface area contributed by atoms with Crippen molar-refractivity contribution in [3.8, 4) is 0 Å². The second-order valence-electron chi connectivity index (χ2n) is 4.87. The lowest BCUT2D eigenvalue weighted by atomic mass is 9.93. The van der Waals surface area contributed by atoms with E-state index in [2.05, 4.69) is 6.92 Å². The summed E-state index contributed by atoms with van der Waals surface area (Å²) in [5.74, 6) is 0. The topological polar surface area (TPSA) is 49.8 Å². The van der Waals surface area contributed by atoms with Crippen LogP contribution in [0.25, 0.3) is 0 Å². The summed E-state index contributed by atoms with van der Waals surface area (Å²) in [5.41, 5.74) is 0.846. The van der Waals surface area contributed by atoms with E-state index < -0.39 is 6.10 Å². The number of likely N-dealkylation sites (tertiary alicyclic amines) is 1. The molecule has 1 aromatic carbocycles. The number of carbonyl (C=O) groups excluding carboxylic acids is 1. The van der Waals surface area contributed by atoms with Crippen LogP contribution in [-0.4, -0.2) is 35.3 Å². The maximum atomic E-state index is 11.8. The van der Waals surface area contributed by atoms with Gasteiger partial charge in [0.05, 0.1) is 18.8 Å². The van der Waals surface area contributed by atoms with Crippen molar-refractivity contribution < 1.29 is 14.6 Å². The quantitative estimate of drug-likeness (QED) is 0.831. The molecule has 1 N–H and O–H groups in total. The van der Waals surface area contributed by atoms with Gasteiger partial charge in [-0.1, -0.05) is 43.7 Å². The number of ether oxygens (including phenoxy) is 1. The number of unbranched alkanes of at least 4 members (excludes halogenated alkanes) is 1. The predicted octanol–water partition coefficient (Wildman–Crippen LogP) is 2.73. The van der Waals surface area contributed by atoms with Crippen molar-refractivity contribution >= 4 is 6.09 Å². The van der Waals surface area contributed by atoms with Crippen LogP contribution in [0, 0.1) is 0 Å². The van der Waals surface area contributed by atoms with E-state index in [-0.39, 0.29) is 12.1 Å². The van der Waals surface area contributed by atoms with Gasteiger partial charge in [-0.15, -0.1) is 0 Å².